The van der Waals surface area contributed by atoms with Crippen molar-refractivity contribution in [2.45, 2.75) is 19.4 Å². The Bertz CT molecular complexity index is 496. The molecule has 0 fully saturated rings. The van der Waals surface area contributed by atoms with Crippen molar-refractivity contribution in [3.63, 3.8) is 0 Å². The Morgan fingerprint density at radius 1 is 1.26 bits per heavy atom. The van der Waals surface area contributed by atoms with Gasteiger partial charge >= 0.3 is 0 Å². The molecule has 0 aliphatic heterocycles. The number of benzene rings is 1. The van der Waals surface area contributed by atoms with Crippen molar-refractivity contribution in [2.75, 3.05) is 11.9 Å². The lowest BCUT2D eigenvalue weighted by Crippen LogP contribution is -2.35. The number of rotatable bonds is 6. The molecule has 4 heteroatoms. The Hall–Kier alpha value is -1.65. The summed E-state index contributed by atoms with van der Waals surface area (Å²) in [7, 11) is 0. The average Bonchev–Trinajstić information content (AvgIpc) is 2.90. The number of para-hydroxylation sites is 1. The summed E-state index contributed by atoms with van der Waals surface area (Å²) in [6, 6.07) is 11.9. The van der Waals surface area contributed by atoms with Gasteiger partial charge in [0.1, 0.15) is 0 Å². The van der Waals surface area contributed by atoms with Gasteiger partial charge in [-0.1, -0.05) is 18.2 Å². The van der Waals surface area contributed by atoms with Crippen molar-refractivity contribution in [3.8, 4) is 0 Å². The molecule has 2 N–H and O–H groups in total. The molecule has 1 amide bonds. The van der Waals surface area contributed by atoms with Crippen LogP contribution >= 0.6 is 11.3 Å². The highest BCUT2D eigenvalue weighted by molar-refractivity contribution is 7.07. The Balaban J connectivity index is 1.71. The van der Waals surface area contributed by atoms with E-state index >= 15 is 0 Å². The van der Waals surface area contributed by atoms with E-state index in [0.29, 0.717) is 6.54 Å². The van der Waals surface area contributed by atoms with E-state index in [2.05, 4.69) is 34.4 Å². The number of carbonyl (C=O) groups is 1. The molecule has 1 aromatic carbocycles. The fourth-order valence-electron chi connectivity index (χ4n) is 1.83. The van der Waals surface area contributed by atoms with Crippen molar-refractivity contribution in [1.82, 2.24) is 5.32 Å². The molecule has 3 nitrogen and oxygen atoms in total. The third-order valence-corrected chi connectivity index (χ3v) is 3.52. The van der Waals surface area contributed by atoms with Gasteiger partial charge in [-0.15, -0.1) is 0 Å². The van der Waals surface area contributed by atoms with E-state index < -0.39 is 0 Å². The third kappa shape index (κ3) is 4.85. The first-order valence-corrected chi connectivity index (χ1v) is 7.27. The first-order valence-electron chi connectivity index (χ1n) is 6.33. The van der Waals surface area contributed by atoms with E-state index in [1.54, 1.807) is 11.3 Å². The molecule has 0 bridgehead atoms. The van der Waals surface area contributed by atoms with Gasteiger partial charge in [0.05, 0.1) is 6.54 Å². The Morgan fingerprint density at radius 2 is 2.05 bits per heavy atom. The number of nitrogens with one attached hydrogen (secondary N) is 2. The van der Waals surface area contributed by atoms with Crippen LogP contribution in [-0.4, -0.2) is 18.5 Å². The lowest BCUT2D eigenvalue weighted by Gasteiger charge is -2.13. The van der Waals surface area contributed by atoms with Gasteiger partial charge in [0.2, 0.25) is 5.91 Å². The number of anilines is 1. The maximum atomic E-state index is 11.7. The summed E-state index contributed by atoms with van der Waals surface area (Å²) in [5, 5.41) is 10.3. The van der Waals surface area contributed by atoms with Gasteiger partial charge in [-0.2, -0.15) is 11.3 Å². The summed E-state index contributed by atoms with van der Waals surface area (Å²) < 4.78 is 0. The van der Waals surface area contributed by atoms with Crippen LogP contribution in [0.5, 0.6) is 0 Å². The first-order chi connectivity index (χ1) is 9.24. The van der Waals surface area contributed by atoms with Crippen molar-refractivity contribution in [3.05, 3.63) is 52.7 Å². The van der Waals surface area contributed by atoms with E-state index in [0.717, 1.165) is 12.1 Å². The zero-order valence-electron chi connectivity index (χ0n) is 10.9. The second-order valence-corrected chi connectivity index (χ2v) is 5.31. The second kappa shape index (κ2) is 7.07. The van der Waals surface area contributed by atoms with E-state index in [-0.39, 0.29) is 11.9 Å². The van der Waals surface area contributed by atoms with E-state index in [1.807, 2.05) is 30.3 Å². The first kappa shape index (κ1) is 13.8. The van der Waals surface area contributed by atoms with E-state index in [1.165, 1.54) is 5.56 Å². The zero-order valence-corrected chi connectivity index (χ0v) is 11.7. The monoisotopic (exact) mass is 274 g/mol. The highest BCUT2D eigenvalue weighted by Gasteiger charge is 2.06. The SMILES string of the molecule is CC(Cc1ccsc1)NCC(=O)Nc1ccccc1. The number of carbonyl (C=O) groups excluding carboxylic acids is 1. The molecule has 100 valence electrons. The molecule has 2 aromatic rings. The maximum Gasteiger partial charge on any atom is 0.238 e. The standard InChI is InChI=1S/C15H18N2OS/c1-12(9-13-7-8-19-11-13)16-10-15(18)17-14-5-3-2-4-6-14/h2-8,11-12,16H,9-10H2,1H3,(H,17,18). The molecule has 0 saturated heterocycles. The van der Waals surface area contributed by atoms with Crippen LogP contribution in [0.25, 0.3) is 0 Å². The molecule has 1 atom stereocenters. The van der Waals surface area contributed by atoms with E-state index in [4.69, 9.17) is 0 Å². The predicted molar refractivity (Wildman–Crippen MR) is 80.6 cm³/mol. The van der Waals surface area contributed by atoms with Gasteiger partial charge in [0.25, 0.3) is 0 Å². The summed E-state index contributed by atoms with van der Waals surface area (Å²) in [6.07, 6.45) is 0.947. The Labute approximate surface area is 117 Å². The van der Waals surface area contributed by atoms with E-state index in [9.17, 15) is 4.79 Å². The topological polar surface area (TPSA) is 41.1 Å². The molecule has 0 saturated carbocycles. The van der Waals surface area contributed by atoms with Gasteiger partial charge in [0, 0.05) is 11.7 Å². The highest BCUT2D eigenvalue weighted by Crippen LogP contribution is 2.08. The summed E-state index contributed by atoms with van der Waals surface area (Å²) in [5.74, 6) is -0.0108. The lowest BCUT2D eigenvalue weighted by atomic mass is 10.1. The summed E-state index contributed by atoms with van der Waals surface area (Å²) in [5.41, 5.74) is 2.15. The second-order valence-electron chi connectivity index (χ2n) is 4.53. The molecule has 1 aromatic heterocycles. The number of hydrogen-bond acceptors (Lipinski definition) is 3. The van der Waals surface area contributed by atoms with Crippen molar-refractivity contribution in [1.29, 1.82) is 0 Å². The van der Waals surface area contributed by atoms with Crippen LogP contribution in [0.3, 0.4) is 0 Å². The van der Waals surface area contributed by atoms with Crippen LogP contribution in [0.1, 0.15) is 12.5 Å². The van der Waals surface area contributed by atoms with Gasteiger partial charge < -0.3 is 10.6 Å². The van der Waals surface area contributed by atoms with Crippen molar-refractivity contribution < 1.29 is 4.79 Å². The van der Waals surface area contributed by atoms with Crippen LogP contribution < -0.4 is 10.6 Å². The normalized spacial score (nSPS) is 12.1. The van der Waals surface area contributed by atoms with Crippen LogP contribution in [0.4, 0.5) is 5.69 Å². The van der Waals surface area contributed by atoms with Crippen molar-refractivity contribution >= 4 is 22.9 Å². The molecule has 0 aliphatic rings. The fraction of sp³-hybridized carbons (Fsp3) is 0.267. The molecule has 19 heavy (non-hydrogen) atoms. The van der Waals surface area contributed by atoms with Gasteiger partial charge in [-0.3, -0.25) is 4.79 Å². The minimum Gasteiger partial charge on any atom is -0.325 e. The van der Waals surface area contributed by atoms with Crippen LogP contribution in [-0.2, 0) is 11.2 Å². The molecule has 0 radical (unpaired) electrons. The Morgan fingerprint density at radius 3 is 2.74 bits per heavy atom. The smallest absolute Gasteiger partial charge is 0.238 e. The summed E-state index contributed by atoms with van der Waals surface area (Å²) >= 11 is 1.70. The van der Waals surface area contributed by atoms with Crippen LogP contribution in [0, 0.1) is 0 Å². The van der Waals surface area contributed by atoms with Gasteiger partial charge in [-0.05, 0) is 47.9 Å². The number of thiophene rings is 1. The molecule has 1 unspecified atom stereocenters. The predicted octanol–water partition coefficient (Wildman–Crippen LogP) is 2.91. The minimum absolute atomic E-state index is 0.0108. The van der Waals surface area contributed by atoms with Gasteiger partial charge in [-0.25, -0.2) is 0 Å². The van der Waals surface area contributed by atoms with Crippen molar-refractivity contribution in [2.24, 2.45) is 0 Å². The summed E-state index contributed by atoms with van der Waals surface area (Å²) in [4.78, 5) is 11.7. The lowest BCUT2D eigenvalue weighted by molar-refractivity contribution is -0.115. The maximum absolute atomic E-state index is 11.7. The highest BCUT2D eigenvalue weighted by atomic mass is 32.1. The van der Waals surface area contributed by atoms with Gasteiger partial charge in [0.15, 0.2) is 0 Å². The molecule has 1 heterocycles. The minimum atomic E-state index is -0.0108. The average molecular weight is 274 g/mol. The third-order valence-electron chi connectivity index (χ3n) is 2.79. The Kier molecular flexibility index (Phi) is 5.12. The summed E-state index contributed by atoms with van der Waals surface area (Å²) in [6.45, 7) is 2.42. The number of amides is 1. The van der Waals surface area contributed by atoms with Crippen LogP contribution in [0.15, 0.2) is 47.2 Å². The van der Waals surface area contributed by atoms with Crippen LogP contribution in [0.2, 0.25) is 0 Å². The number of hydrogen-bond donors (Lipinski definition) is 2. The molecule has 0 spiro atoms. The molecular weight excluding hydrogens is 256 g/mol. The largest absolute Gasteiger partial charge is 0.325 e. The quantitative estimate of drug-likeness (QED) is 0.850. The molecular formula is C15H18N2OS. The fourth-order valence-corrected chi connectivity index (χ4v) is 2.51. The molecule has 0 aliphatic carbocycles. The zero-order chi connectivity index (χ0) is 13.5. The molecule has 2 rings (SSSR count).